The average molecular weight is 257 g/mol. The highest BCUT2D eigenvalue weighted by atomic mass is 32.2. The molecule has 1 fully saturated rings. The van der Waals surface area contributed by atoms with Gasteiger partial charge in [0.25, 0.3) is 0 Å². The van der Waals surface area contributed by atoms with Crippen LogP contribution in [-0.4, -0.2) is 21.6 Å². The van der Waals surface area contributed by atoms with E-state index >= 15 is 0 Å². The molecule has 1 saturated heterocycles. The first-order valence-electron chi connectivity index (χ1n) is 5.61. The maximum absolute atomic E-state index is 12.0. The monoisotopic (exact) mass is 257 g/mol. The maximum Gasteiger partial charge on any atom is 0.239 e. The summed E-state index contributed by atoms with van der Waals surface area (Å²) in [6, 6.07) is 9.47. The molecular weight excluding hydrogens is 246 g/mol. The van der Waals surface area contributed by atoms with Crippen LogP contribution in [0.2, 0.25) is 0 Å². The zero-order chi connectivity index (χ0) is 12.4. The Balaban J connectivity index is 1.98. The van der Waals surface area contributed by atoms with Gasteiger partial charge in [-0.2, -0.15) is 0 Å². The van der Waals surface area contributed by atoms with E-state index in [-0.39, 0.29) is 11.3 Å². The third kappa shape index (κ3) is 1.97. The van der Waals surface area contributed by atoms with Crippen molar-refractivity contribution in [3.8, 4) is 0 Å². The number of aromatic nitrogens is 2. The lowest BCUT2D eigenvalue weighted by atomic mass is 10.2. The van der Waals surface area contributed by atoms with Gasteiger partial charge < -0.3 is 0 Å². The number of anilines is 1. The summed E-state index contributed by atoms with van der Waals surface area (Å²) in [6.07, 6.45) is 5.19. The quantitative estimate of drug-likeness (QED) is 0.828. The lowest BCUT2D eigenvalue weighted by molar-refractivity contribution is -0.115. The summed E-state index contributed by atoms with van der Waals surface area (Å²) in [4.78, 5) is 22.0. The second-order valence-electron chi connectivity index (χ2n) is 3.90. The van der Waals surface area contributed by atoms with E-state index in [9.17, 15) is 4.79 Å². The number of amides is 1. The molecule has 0 spiro atoms. The second-order valence-corrected chi connectivity index (χ2v) is 4.96. The first-order valence-corrected chi connectivity index (χ1v) is 6.66. The molecule has 0 bridgehead atoms. The zero-order valence-corrected chi connectivity index (χ0v) is 10.4. The predicted molar refractivity (Wildman–Crippen MR) is 71.2 cm³/mol. The van der Waals surface area contributed by atoms with Gasteiger partial charge in [0.2, 0.25) is 5.91 Å². The van der Waals surface area contributed by atoms with Gasteiger partial charge in [0.05, 0.1) is 5.75 Å². The van der Waals surface area contributed by atoms with Crippen molar-refractivity contribution in [2.24, 2.45) is 0 Å². The third-order valence-corrected chi connectivity index (χ3v) is 3.97. The Morgan fingerprint density at radius 2 is 2.00 bits per heavy atom. The number of nitrogens with zero attached hydrogens (tertiary/aromatic N) is 3. The molecule has 3 heterocycles. The third-order valence-electron chi connectivity index (χ3n) is 2.76. The van der Waals surface area contributed by atoms with Crippen LogP contribution in [-0.2, 0) is 4.79 Å². The van der Waals surface area contributed by atoms with E-state index in [0.29, 0.717) is 11.6 Å². The van der Waals surface area contributed by atoms with Gasteiger partial charge in [-0.1, -0.05) is 6.07 Å². The molecule has 0 saturated carbocycles. The van der Waals surface area contributed by atoms with E-state index in [2.05, 4.69) is 9.97 Å². The molecule has 5 heteroatoms. The van der Waals surface area contributed by atoms with Crippen molar-refractivity contribution in [2.45, 2.75) is 5.37 Å². The highest BCUT2D eigenvalue weighted by Crippen LogP contribution is 2.40. The van der Waals surface area contributed by atoms with Crippen LogP contribution in [0.4, 0.5) is 5.82 Å². The fourth-order valence-electron chi connectivity index (χ4n) is 1.94. The predicted octanol–water partition coefficient (Wildman–Crippen LogP) is 2.26. The minimum Gasteiger partial charge on any atom is -0.279 e. The molecule has 1 amide bonds. The Bertz CT molecular complexity index is 547. The normalized spacial score (nSPS) is 19.2. The van der Waals surface area contributed by atoms with Gasteiger partial charge in [0, 0.05) is 18.6 Å². The smallest absolute Gasteiger partial charge is 0.239 e. The van der Waals surface area contributed by atoms with Crippen LogP contribution in [0.25, 0.3) is 0 Å². The van der Waals surface area contributed by atoms with Crippen LogP contribution in [0.5, 0.6) is 0 Å². The molecular formula is C13H11N3OS. The van der Waals surface area contributed by atoms with E-state index < -0.39 is 0 Å². The Morgan fingerprint density at radius 3 is 2.72 bits per heavy atom. The minimum absolute atomic E-state index is 0.00426. The first kappa shape index (κ1) is 11.2. The Labute approximate surface area is 109 Å². The number of thioether (sulfide) groups is 1. The van der Waals surface area contributed by atoms with Crippen molar-refractivity contribution in [1.29, 1.82) is 0 Å². The van der Waals surface area contributed by atoms with Gasteiger partial charge in [-0.15, -0.1) is 11.8 Å². The van der Waals surface area contributed by atoms with Gasteiger partial charge in [-0.25, -0.2) is 4.98 Å². The molecule has 2 aromatic heterocycles. The molecule has 90 valence electrons. The SMILES string of the molecule is O=C1CSC(c2ccncc2)N1c1ccccn1. The van der Waals surface area contributed by atoms with E-state index in [1.54, 1.807) is 35.3 Å². The lowest BCUT2D eigenvalue weighted by Gasteiger charge is -2.22. The summed E-state index contributed by atoms with van der Waals surface area (Å²) >= 11 is 1.62. The van der Waals surface area contributed by atoms with Crippen LogP contribution in [0.1, 0.15) is 10.9 Å². The van der Waals surface area contributed by atoms with Crippen LogP contribution in [0.15, 0.2) is 48.9 Å². The van der Waals surface area contributed by atoms with Gasteiger partial charge in [-0.3, -0.25) is 14.7 Å². The molecule has 0 radical (unpaired) electrons. The Morgan fingerprint density at radius 1 is 1.17 bits per heavy atom. The topological polar surface area (TPSA) is 46.1 Å². The number of carbonyl (C=O) groups excluding carboxylic acids is 1. The van der Waals surface area contributed by atoms with E-state index in [4.69, 9.17) is 0 Å². The van der Waals surface area contributed by atoms with Crippen LogP contribution in [0.3, 0.4) is 0 Å². The maximum atomic E-state index is 12.0. The number of carbonyl (C=O) groups is 1. The van der Waals surface area contributed by atoms with Gasteiger partial charge in [0.1, 0.15) is 11.2 Å². The highest BCUT2D eigenvalue weighted by molar-refractivity contribution is 8.00. The molecule has 3 rings (SSSR count). The largest absolute Gasteiger partial charge is 0.279 e. The Hall–Kier alpha value is -1.88. The van der Waals surface area contributed by atoms with Crippen LogP contribution >= 0.6 is 11.8 Å². The van der Waals surface area contributed by atoms with Gasteiger partial charge in [-0.05, 0) is 29.8 Å². The summed E-state index contributed by atoms with van der Waals surface area (Å²) < 4.78 is 0. The average Bonchev–Trinajstić information content (AvgIpc) is 2.83. The number of hydrogen-bond acceptors (Lipinski definition) is 4. The summed E-state index contributed by atoms with van der Waals surface area (Å²) in [7, 11) is 0. The number of hydrogen-bond donors (Lipinski definition) is 0. The second kappa shape index (κ2) is 4.78. The zero-order valence-electron chi connectivity index (χ0n) is 9.56. The van der Waals surface area contributed by atoms with E-state index in [1.807, 2.05) is 30.3 Å². The Kier molecular flexibility index (Phi) is 2.98. The van der Waals surface area contributed by atoms with E-state index in [1.165, 1.54) is 0 Å². The molecule has 0 N–H and O–H groups in total. The standard InChI is InChI=1S/C13H11N3OS/c17-12-9-18-13(10-4-7-14-8-5-10)16(12)11-3-1-2-6-15-11/h1-8,13H,9H2. The van der Waals surface area contributed by atoms with Crippen LogP contribution in [0, 0.1) is 0 Å². The van der Waals surface area contributed by atoms with Crippen molar-refractivity contribution >= 4 is 23.5 Å². The minimum atomic E-state index is -0.00426. The van der Waals surface area contributed by atoms with Crippen molar-refractivity contribution in [1.82, 2.24) is 9.97 Å². The molecule has 0 aromatic carbocycles. The molecule has 1 aliphatic rings. The van der Waals surface area contributed by atoms with E-state index in [0.717, 1.165) is 5.56 Å². The summed E-state index contributed by atoms with van der Waals surface area (Å²) in [5.74, 6) is 1.29. The van der Waals surface area contributed by atoms with Crippen LogP contribution < -0.4 is 4.90 Å². The van der Waals surface area contributed by atoms with Gasteiger partial charge >= 0.3 is 0 Å². The highest BCUT2D eigenvalue weighted by Gasteiger charge is 2.34. The van der Waals surface area contributed by atoms with Crippen molar-refractivity contribution < 1.29 is 4.79 Å². The molecule has 1 unspecified atom stereocenters. The molecule has 4 nitrogen and oxygen atoms in total. The fourth-order valence-corrected chi connectivity index (χ4v) is 3.11. The lowest BCUT2D eigenvalue weighted by Crippen LogP contribution is -2.28. The summed E-state index contributed by atoms with van der Waals surface area (Å²) in [5.41, 5.74) is 1.08. The summed E-state index contributed by atoms with van der Waals surface area (Å²) in [6.45, 7) is 0. The first-order chi connectivity index (χ1) is 8.86. The van der Waals surface area contributed by atoms with Crippen molar-refractivity contribution in [2.75, 3.05) is 10.7 Å². The molecule has 1 aliphatic heterocycles. The van der Waals surface area contributed by atoms with Crippen molar-refractivity contribution in [3.63, 3.8) is 0 Å². The molecule has 18 heavy (non-hydrogen) atoms. The fraction of sp³-hybridized carbons (Fsp3) is 0.154. The summed E-state index contributed by atoms with van der Waals surface area (Å²) in [5, 5.41) is -0.00426. The molecule has 2 aromatic rings. The number of pyridine rings is 2. The van der Waals surface area contributed by atoms with Gasteiger partial charge in [0.15, 0.2) is 0 Å². The number of rotatable bonds is 2. The van der Waals surface area contributed by atoms with Crippen molar-refractivity contribution in [3.05, 3.63) is 54.5 Å². The molecule has 1 atom stereocenters. The molecule has 0 aliphatic carbocycles.